The van der Waals surface area contributed by atoms with Gasteiger partial charge in [-0.05, 0) is 37.5 Å². The van der Waals surface area contributed by atoms with Gasteiger partial charge in [0.25, 0.3) is 0 Å². The Morgan fingerprint density at radius 3 is 1.37 bits per heavy atom. The Morgan fingerprint density at radius 1 is 0.733 bits per heavy atom. The molecule has 0 amide bonds. The molecule has 3 heteroatoms. The standard InChI is InChI=1S/C17H34O.C9H18.CH4.2U/c1-3-4-5-6-7-8-9-10-11-12-13-14-15-16-17(2)18;1-8-4-6-9(2,3)7-5-8;;;/h3-16H2,1-2H3;8H,4-7H2,1-3H3;1H4;;. The first-order valence-corrected chi connectivity index (χ1v) is 12.4. The molecule has 0 saturated heterocycles. The van der Waals surface area contributed by atoms with Crippen molar-refractivity contribution in [2.75, 3.05) is 0 Å². The van der Waals surface area contributed by atoms with E-state index >= 15 is 0 Å². The van der Waals surface area contributed by atoms with Crippen LogP contribution in [0.25, 0.3) is 0 Å². The van der Waals surface area contributed by atoms with Crippen molar-refractivity contribution in [1.29, 1.82) is 0 Å². The van der Waals surface area contributed by atoms with Gasteiger partial charge in [0.1, 0.15) is 5.78 Å². The molecular formula is C27H56OU2. The van der Waals surface area contributed by atoms with E-state index in [1.54, 1.807) is 6.92 Å². The van der Waals surface area contributed by atoms with Crippen LogP contribution < -0.4 is 0 Å². The summed E-state index contributed by atoms with van der Waals surface area (Å²) in [6.45, 7) is 11.1. The van der Waals surface area contributed by atoms with Gasteiger partial charge in [-0.3, -0.25) is 0 Å². The molecule has 178 valence electrons. The maximum atomic E-state index is 10.7. The second-order valence-electron chi connectivity index (χ2n) is 10.0. The van der Waals surface area contributed by atoms with Gasteiger partial charge < -0.3 is 4.79 Å². The molecule has 0 bridgehead atoms. The number of Topliss-reactive ketones (excluding diaryl/α,β-unsaturated/α-hetero) is 1. The number of hydrogen-bond acceptors (Lipinski definition) is 1. The summed E-state index contributed by atoms with van der Waals surface area (Å²) in [5.74, 6) is 1.34. The fraction of sp³-hybridized carbons (Fsp3) is 0.963. The molecule has 1 aliphatic carbocycles. The van der Waals surface area contributed by atoms with Gasteiger partial charge in [-0.2, -0.15) is 0 Å². The van der Waals surface area contributed by atoms with Gasteiger partial charge in [0.05, 0.1) is 0 Å². The van der Waals surface area contributed by atoms with E-state index in [2.05, 4.69) is 27.7 Å². The van der Waals surface area contributed by atoms with Gasteiger partial charge in [-0.25, -0.2) is 0 Å². The Bertz CT molecular complexity index is 332. The summed E-state index contributed by atoms with van der Waals surface area (Å²) in [6, 6.07) is 0. The van der Waals surface area contributed by atoms with Gasteiger partial charge >= 0.3 is 0 Å². The molecule has 0 N–H and O–H groups in total. The van der Waals surface area contributed by atoms with E-state index in [1.165, 1.54) is 103 Å². The van der Waals surface area contributed by atoms with Crippen LogP contribution >= 0.6 is 0 Å². The third-order valence-electron chi connectivity index (χ3n) is 6.26. The fourth-order valence-electron chi connectivity index (χ4n) is 3.94. The van der Waals surface area contributed by atoms with Crippen LogP contribution in [0.2, 0.25) is 0 Å². The summed E-state index contributed by atoms with van der Waals surface area (Å²) < 4.78 is 0. The van der Waals surface area contributed by atoms with E-state index in [1.807, 2.05) is 0 Å². The SMILES string of the molecule is C.CC1CCC(C)(C)CC1.CCCCCCCCCCCCCCCC(C)=O.[U].[U]. The van der Waals surface area contributed by atoms with Gasteiger partial charge in [0, 0.05) is 68.6 Å². The Balaban J connectivity index is -0.000000240. The first-order chi connectivity index (χ1) is 12.9. The minimum absolute atomic E-state index is 0. The van der Waals surface area contributed by atoms with Crippen molar-refractivity contribution < 1.29 is 67.0 Å². The van der Waals surface area contributed by atoms with Crippen molar-refractivity contribution in [3.8, 4) is 0 Å². The molecule has 0 heterocycles. The summed E-state index contributed by atoms with van der Waals surface area (Å²) >= 11 is 0. The van der Waals surface area contributed by atoms with Gasteiger partial charge in [0.2, 0.25) is 0 Å². The van der Waals surface area contributed by atoms with Crippen LogP contribution in [0, 0.1) is 73.6 Å². The summed E-state index contributed by atoms with van der Waals surface area (Å²) in [5, 5.41) is 0. The van der Waals surface area contributed by atoms with Crippen LogP contribution in [-0.4, -0.2) is 5.78 Å². The fourth-order valence-corrected chi connectivity index (χ4v) is 3.94. The van der Waals surface area contributed by atoms with Crippen molar-refractivity contribution >= 4 is 5.78 Å². The second kappa shape index (κ2) is 27.0. The Kier molecular flexibility index (Phi) is 35.1. The Morgan fingerprint density at radius 2 is 1.07 bits per heavy atom. The normalized spacial score (nSPS) is 15.0. The average Bonchev–Trinajstić information content (AvgIpc) is 2.62. The smallest absolute Gasteiger partial charge is 0.129 e. The number of carbonyl (C=O) groups excluding carboxylic acids is 1. The minimum atomic E-state index is 0. The number of ketones is 1. The molecule has 1 saturated carbocycles. The monoisotopic (exact) mass is 873 g/mol. The van der Waals surface area contributed by atoms with E-state index in [0.717, 1.165) is 18.8 Å². The molecule has 1 aliphatic rings. The van der Waals surface area contributed by atoms with E-state index in [4.69, 9.17) is 0 Å². The Hall–Kier alpha value is 1.77. The quantitative estimate of drug-likeness (QED) is 0.159. The van der Waals surface area contributed by atoms with E-state index in [9.17, 15) is 4.79 Å². The molecule has 1 rings (SSSR count). The van der Waals surface area contributed by atoms with Crippen molar-refractivity contribution in [2.45, 2.75) is 158 Å². The average molecular weight is 873 g/mol. The molecule has 0 atom stereocenters. The number of rotatable bonds is 14. The van der Waals surface area contributed by atoms with Crippen molar-refractivity contribution in [2.24, 2.45) is 11.3 Å². The second-order valence-corrected chi connectivity index (χ2v) is 10.0. The van der Waals surface area contributed by atoms with E-state index in [0.29, 0.717) is 11.2 Å². The molecule has 0 aromatic heterocycles. The topological polar surface area (TPSA) is 17.1 Å². The van der Waals surface area contributed by atoms with Crippen LogP contribution in [0.1, 0.15) is 158 Å². The van der Waals surface area contributed by atoms with Crippen LogP contribution in [-0.2, 0) is 4.79 Å². The molecule has 0 aromatic rings. The number of unbranched alkanes of at least 4 members (excludes halogenated alkanes) is 12. The number of hydrogen-bond donors (Lipinski definition) is 0. The van der Waals surface area contributed by atoms with Crippen molar-refractivity contribution in [3.63, 3.8) is 0 Å². The molecule has 1 fully saturated rings. The van der Waals surface area contributed by atoms with Gasteiger partial charge in [-0.15, -0.1) is 0 Å². The Labute approximate surface area is 239 Å². The van der Waals surface area contributed by atoms with Gasteiger partial charge in [0.15, 0.2) is 0 Å². The minimum Gasteiger partial charge on any atom is -0.300 e. The summed E-state index contributed by atoms with van der Waals surface area (Å²) in [7, 11) is 0. The zero-order valence-electron chi connectivity index (χ0n) is 20.7. The summed E-state index contributed by atoms with van der Waals surface area (Å²) in [6.07, 6.45) is 24.4. The first kappa shape index (κ1) is 39.0. The van der Waals surface area contributed by atoms with Crippen LogP contribution in [0.15, 0.2) is 0 Å². The first-order valence-electron chi connectivity index (χ1n) is 12.4. The third kappa shape index (κ3) is 29.8. The van der Waals surface area contributed by atoms with Crippen LogP contribution in [0.5, 0.6) is 0 Å². The van der Waals surface area contributed by atoms with Crippen LogP contribution in [0.4, 0.5) is 0 Å². The molecule has 0 radical (unpaired) electrons. The number of carbonyl (C=O) groups is 1. The third-order valence-corrected chi connectivity index (χ3v) is 6.26. The molecule has 0 unspecified atom stereocenters. The molecule has 0 spiro atoms. The van der Waals surface area contributed by atoms with E-state index in [-0.39, 0.29) is 69.7 Å². The predicted octanol–water partition coefficient (Wildman–Crippen LogP) is 9.92. The molecule has 0 aliphatic heterocycles. The van der Waals surface area contributed by atoms with Crippen molar-refractivity contribution in [1.82, 2.24) is 0 Å². The predicted molar refractivity (Wildman–Crippen MR) is 129 cm³/mol. The van der Waals surface area contributed by atoms with Crippen molar-refractivity contribution in [3.05, 3.63) is 0 Å². The largest absolute Gasteiger partial charge is 0.300 e. The zero-order chi connectivity index (χ0) is 20.4. The molecule has 1 nitrogen and oxygen atoms in total. The van der Waals surface area contributed by atoms with Gasteiger partial charge in [-0.1, -0.05) is 125 Å². The zero-order valence-corrected chi connectivity index (χ0v) is 29.0. The summed E-state index contributed by atoms with van der Waals surface area (Å²) in [4.78, 5) is 10.7. The van der Waals surface area contributed by atoms with E-state index < -0.39 is 0 Å². The maximum absolute atomic E-state index is 10.7. The maximum Gasteiger partial charge on any atom is 0.129 e. The molecule has 0 aromatic carbocycles. The molecule has 30 heavy (non-hydrogen) atoms. The van der Waals surface area contributed by atoms with Crippen LogP contribution in [0.3, 0.4) is 0 Å². The molecular weight excluding hydrogens is 816 g/mol. The summed E-state index contributed by atoms with van der Waals surface area (Å²) in [5.41, 5.74) is 0.659.